The SMILES string of the molecule is c1ccc(C2CC2NCc2cnc3ccccc3n2)cc1. The van der Waals surface area contributed by atoms with Gasteiger partial charge in [-0.3, -0.25) is 4.98 Å². The fraction of sp³-hybridized carbons (Fsp3) is 0.222. The van der Waals surface area contributed by atoms with Crippen molar-refractivity contribution in [2.75, 3.05) is 0 Å². The first kappa shape index (κ1) is 12.5. The standard InChI is InChI=1S/C18H17N3/c1-2-6-13(7-3-1)15-10-18(15)20-12-14-11-19-16-8-4-5-9-17(16)21-14/h1-9,11,15,18,20H,10,12H2. The predicted octanol–water partition coefficient (Wildman–Crippen LogP) is 3.28. The second kappa shape index (κ2) is 5.26. The zero-order valence-electron chi connectivity index (χ0n) is 11.7. The Bertz CT molecular complexity index is 755. The lowest BCUT2D eigenvalue weighted by Gasteiger charge is -2.05. The van der Waals surface area contributed by atoms with E-state index in [4.69, 9.17) is 0 Å². The van der Waals surface area contributed by atoms with E-state index in [0.29, 0.717) is 12.0 Å². The third kappa shape index (κ3) is 2.65. The van der Waals surface area contributed by atoms with Gasteiger partial charge in [-0.2, -0.15) is 0 Å². The van der Waals surface area contributed by atoms with Gasteiger partial charge in [-0.15, -0.1) is 0 Å². The summed E-state index contributed by atoms with van der Waals surface area (Å²) >= 11 is 0. The summed E-state index contributed by atoms with van der Waals surface area (Å²) in [7, 11) is 0. The molecule has 2 unspecified atom stereocenters. The van der Waals surface area contributed by atoms with Crippen molar-refractivity contribution in [2.24, 2.45) is 0 Å². The Morgan fingerprint density at radius 3 is 2.57 bits per heavy atom. The molecule has 3 aromatic rings. The quantitative estimate of drug-likeness (QED) is 0.794. The number of nitrogens with one attached hydrogen (secondary N) is 1. The first-order valence-electron chi connectivity index (χ1n) is 7.39. The molecule has 2 aromatic carbocycles. The molecule has 1 heterocycles. The van der Waals surface area contributed by atoms with Crippen LogP contribution in [0.15, 0.2) is 60.8 Å². The molecule has 0 radical (unpaired) electrons. The number of para-hydroxylation sites is 2. The maximum atomic E-state index is 4.65. The molecule has 21 heavy (non-hydrogen) atoms. The van der Waals surface area contributed by atoms with Gasteiger partial charge in [0.05, 0.1) is 22.9 Å². The average molecular weight is 275 g/mol. The molecule has 1 aliphatic rings. The Balaban J connectivity index is 1.41. The highest BCUT2D eigenvalue weighted by Crippen LogP contribution is 2.40. The van der Waals surface area contributed by atoms with E-state index in [1.807, 2.05) is 30.5 Å². The van der Waals surface area contributed by atoms with E-state index >= 15 is 0 Å². The molecule has 1 aliphatic carbocycles. The summed E-state index contributed by atoms with van der Waals surface area (Å²) in [5, 5.41) is 3.58. The molecule has 0 spiro atoms. The van der Waals surface area contributed by atoms with Gasteiger partial charge in [0.1, 0.15) is 0 Å². The van der Waals surface area contributed by atoms with Crippen molar-refractivity contribution in [1.82, 2.24) is 15.3 Å². The Hall–Kier alpha value is -2.26. The minimum absolute atomic E-state index is 0.570. The lowest BCUT2D eigenvalue weighted by molar-refractivity contribution is 0.660. The van der Waals surface area contributed by atoms with Crippen LogP contribution in [0.4, 0.5) is 0 Å². The van der Waals surface area contributed by atoms with Crippen molar-refractivity contribution in [3.8, 4) is 0 Å². The monoisotopic (exact) mass is 275 g/mol. The molecule has 1 N–H and O–H groups in total. The Kier molecular flexibility index (Phi) is 3.13. The first-order chi connectivity index (χ1) is 10.4. The molecule has 1 saturated carbocycles. The highest BCUT2D eigenvalue weighted by molar-refractivity contribution is 5.73. The van der Waals surface area contributed by atoms with E-state index < -0.39 is 0 Å². The van der Waals surface area contributed by atoms with E-state index in [1.165, 1.54) is 12.0 Å². The topological polar surface area (TPSA) is 37.8 Å². The van der Waals surface area contributed by atoms with E-state index in [-0.39, 0.29) is 0 Å². The summed E-state index contributed by atoms with van der Waals surface area (Å²) in [4.78, 5) is 9.10. The van der Waals surface area contributed by atoms with Gasteiger partial charge >= 0.3 is 0 Å². The van der Waals surface area contributed by atoms with E-state index in [2.05, 4.69) is 45.6 Å². The minimum Gasteiger partial charge on any atom is -0.308 e. The fourth-order valence-corrected chi connectivity index (χ4v) is 2.81. The van der Waals surface area contributed by atoms with E-state index in [1.54, 1.807) is 0 Å². The molecule has 3 heteroatoms. The predicted molar refractivity (Wildman–Crippen MR) is 84.0 cm³/mol. The average Bonchev–Trinajstić information content (AvgIpc) is 3.33. The summed E-state index contributed by atoms with van der Waals surface area (Å²) in [5.74, 6) is 0.652. The molecule has 0 aliphatic heterocycles. The summed E-state index contributed by atoms with van der Waals surface area (Å²) in [5.41, 5.74) is 4.36. The van der Waals surface area contributed by atoms with Crippen molar-refractivity contribution in [3.05, 3.63) is 72.1 Å². The molecular formula is C18H17N3. The third-order valence-electron chi connectivity index (χ3n) is 4.06. The zero-order chi connectivity index (χ0) is 14.1. The Morgan fingerprint density at radius 1 is 0.952 bits per heavy atom. The largest absolute Gasteiger partial charge is 0.308 e. The van der Waals surface area contributed by atoms with Crippen molar-refractivity contribution in [3.63, 3.8) is 0 Å². The second-order valence-corrected chi connectivity index (χ2v) is 5.59. The molecule has 4 rings (SSSR count). The van der Waals surface area contributed by atoms with Gasteiger partial charge < -0.3 is 5.32 Å². The van der Waals surface area contributed by atoms with E-state index in [9.17, 15) is 0 Å². The number of aromatic nitrogens is 2. The van der Waals surface area contributed by atoms with Crippen LogP contribution in [0.25, 0.3) is 11.0 Å². The normalized spacial score (nSPS) is 20.6. The number of benzene rings is 2. The molecular weight excluding hydrogens is 258 g/mol. The lowest BCUT2D eigenvalue weighted by atomic mass is 10.1. The van der Waals surface area contributed by atoms with Crippen molar-refractivity contribution in [1.29, 1.82) is 0 Å². The molecule has 1 aromatic heterocycles. The van der Waals surface area contributed by atoms with Crippen LogP contribution in [0.5, 0.6) is 0 Å². The number of fused-ring (bicyclic) bond motifs is 1. The highest BCUT2D eigenvalue weighted by Gasteiger charge is 2.37. The van der Waals surface area contributed by atoms with E-state index in [0.717, 1.165) is 23.3 Å². The van der Waals surface area contributed by atoms with Crippen molar-refractivity contribution >= 4 is 11.0 Å². The minimum atomic E-state index is 0.570. The zero-order valence-corrected chi connectivity index (χ0v) is 11.7. The van der Waals surface area contributed by atoms with Crippen LogP contribution < -0.4 is 5.32 Å². The number of hydrogen-bond acceptors (Lipinski definition) is 3. The molecule has 0 bridgehead atoms. The Labute approximate surface area is 124 Å². The number of hydrogen-bond donors (Lipinski definition) is 1. The van der Waals surface area contributed by atoms with Crippen molar-refractivity contribution in [2.45, 2.75) is 24.9 Å². The van der Waals surface area contributed by atoms with Gasteiger partial charge in [-0.25, -0.2) is 4.98 Å². The second-order valence-electron chi connectivity index (χ2n) is 5.59. The lowest BCUT2D eigenvalue weighted by Crippen LogP contribution is -2.18. The van der Waals surface area contributed by atoms with Crippen LogP contribution >= 0.6 is 0 Å². The smallest absolute Gasteiger partial charge is 0.0890 e. The van der Waals surface area contributed by atoms with Gasteiger partial charge in [0.25, 0.3) is 0 Å². The molecule has 2 atom stereocenters. The molecule has 0 amide bonds. The van der Waals surface area contributed by atoms with Crippen LogP contribution in [0.2, 0.25) is 0 Å². The van der Waals surface area contributed by atoms with Gasteiger partial charge in [-0.05, 0) is 24.1 Å². The summed E-state index contributed by atoms with van der Waals surface area (Å²) in [6.07, 6.45) is 3.08. The number of rotatable bonds is 4. The third-order valence-corrected chi connectivity index (χ3v) is 4.06. The fourth-order valence-electron chi connectivity index (χ4n) is 2.81. The van der Waals surface area contributed by atoms with Crippen LogP contribution in [-0.2, 0) is 6.54 Å². The summed E-state index contributed by atoms with van der Waals surface area (Å²) in [6, 6.07) is 19.3. The molecule has 3 nitrogen and oxygen atoms in total. The van der Waals surface area contributed by atoms with Gasteiger partial charge in [0, 0.05) is 18.5 Å². The Morgan fingerprint density at radius 2 is 1.71 bits per heavy atom. The van der Waals surface area contributed by atoms with Crippen LogP contribution in [0, 0.1) is 0 Å². The van der Waals surface area contributed by atoms with Gasteiger partial charge in [0.2, 0.25) is 0 Å². The first-order valence-corrected chi connectivity index (χ1v) is 7.39. The highest BCUT2D eigenvalue weighted by atomic mass is 15.0. The molecule has 0 saturated heterocycles. The summed E-state index contributed by atoms with van der Waals surface area (Å²) in [6.45, 7) is 0.784. The van der Waals surface area contributed by atoms with Gasteiger partial charge in [-0.1, -0.05) is 42.5 Å². The van der Waals surface area contributed by atoms with Crippen LogP contribution in [0.3, 0.4) is 0 Å². The molecule has 104 valence electrons. The molecule has 1 fully saturated rings. The van der Waals surface area contributed by atoms with Crippen molar-refractivity contribution < 1.29 is 0 Å². The maximum Gasteiger partial charge on any atom is 0.0890 e. The van der Waals surface area contributed by atoms with Gasteiger partial charge in [0.15, 0.2) is 0 Å². The summed E-state index contributed by atoms with van der Waals surface area (Å²) < 4.78 is 0. The maximum absolute atomic E-state index is 4.65. The van der Waals surface area contributed by atoms with Crippen LogP contribution in [0.1, 0.15) is 23.6 Å². The number of nitrogens with zero attached hydrogens (tertiary/aromatic N) is 2. The van der Waals surface area contributed by atoms with Crippen LogP contribution in [-0.4, -0.2) is 16.0 Å².